The predicted molar refractivity (Wildman–Crippen MR) is 59.5 cm³/mol. The molecule has 1 aliphatic heterocycles. The normalized spacial score (nSPS) is 24.9. The van der Waals surface area contributed by atoms with Crippen LogP contribution in [0.2, 0.25) is 0 Å². The summed E-state index contributed by atoms with van der Waals surface area (Å²) in [6, 6.07) is 0. The number of unbranched alkanes of at least 4 members (excludes halogenated alkanes) is 2. The van der Waals surface area contributed by atoms with Gasteiger partial charge in [0.2, 0.25) is 0 Å². The van der Waals surface area contributed by atoms with Crippen molar-refractivity contribution in [2.45, 2.75) is 32.3 Å². The first-order valence-corrected chi connectivity index (χ1v) is 6.39. The maximum Gasteiger partial charge on any atom is 0.0799 e. The van der Waals surface area contributed by atoms with Crippen LogP contribution in [0.25, 0.3) is 0 Å². The number of rotatable bonds is 5. The summed E-state index contributed by atoms with van der Waals surface area (Å²) in [5.74, 6) is 0. The van der Waals surface area contributed by atoms with Gasteiger partial charge < -0.3 is 4.74 Å². The molecular formula is C10H20BrNO. The molecule has 0 aromatic rings. The highest BCUT2D eigenvalue weighted by Crippen LogP contribution is 2.08. The highest BCUT2D eigenvalue weighted by atomic mass is 79.9. The number of hydrogen-bond acceptors (Lipinski definition) is 2. The van der Waals surface area contributed by atoms with E-state index in [0.29, 0.717) is 6.10 Å². The minimum atomic E-state index is 0.412. The fourth-order valence-corrected chi connectivity index (χ4v) is 2.05. The van der Waals surface area contributed by atoms with Crippen molar-refractivity contribution in [3.05, 3.63) is 0 Å². The molecule has 13 heavy (non-hydrogen) atoms. The molecule has 1 heterocycles. The monoisotopic (exact) mass is 249 g/mol. The molecule has 0 radical (unpaired) electrons. The number of ether oxygens (including phenoxy) is 1. The van der Waals surface area contributed by atoms with Crippen molar-refractivity contribution in [2.75, 3.05) is 31.6 Å². The van der Waals surface area contributed by atoms with Gasteiger partial charge in [-0.1, -0.05) is 35.7 Å². The maximum absolute atomic E-state index is 5.58. The molecular weight excluding hydrogens is 230 g/mol. The molecule has 1 saturated heterocycles. The van der Waals surface area contributed by atoms with Gasteiger partial charge in [0.15, 0.2) is 0 Å². The highest BCUT2D eigenvalue weighted by molar-refractivity contribution is 9.09. The molecule has 0 bridgehead atoms. The van der Waals surface area contributed by atoms with Crippen LogP contribution in [-0.4, -0.2) is 42.6 Å². The standard InChI is InChI=1S/C10H20BrNO/c1-2-3-4-5-12-6-7-13-10(8-11)9-12/h10H,2-9H2,1H3. The minimum Gasteiger partial charge on any atom is -0.375 e. The largest absolute Gasteiger partial charge is 0.375 e. The van der Waals surface area contributed by atoms with E-state index in [9.17, 15) is 0 Å². The Labute approximate surface area is 89.8 Å². The molecule has 2 nitrogen and oxygen atoms in total. The quantitative estimate of drug-likeness (QED) is 0.548. The third-order valence-corrected chi connectivity index (χ3v) is 3.20. The number of nitrogens with zero attached hydrogens (tertiary/aromatic N) is 1. The molecule has 1 aliphatic rings. The molecule has 0 aliphatic carbocycles. The average molecular weight is 250 g/mol. The van der Waals surface area contributed by atoms with Gasteiger partial charge in [-0.15, -0.1) is 0 Å². The van der Waals surface area contributed by atoms with Crippen molar-refractivity contribution in [1.82, 2.24) is 4.90 Å². The Bertz CT molecular complexity index is 132. The third kappa shape index (κ3) is 4.43. The summed E-state index contributed by atoms with van der Waals surface area (Å²) in [5.41, 5.74) is 0. The van der Waals surface area contributed by atoms with Gasteiger partial charge in [0, 0.05) is 18.4 Å². The lowest BCUT2D eigenvalue weighted by molar-refractivity contribution is -0.0154. The molecule has 0 saturated carbocycles. The summed E-state index contributed by atoms with van der Waals surface area (Å²) in [7, 11) is 0. The van der Waals surface area contributed by atoms with E-state index in [4.69, 9.17) is 4.74 Å². The van der Waals surface area contributed by atoms with Gasteiger partial charge >= 0.3 is 0 Å². The second-order valence-electron chi connectivity index (χ2n) is 3.65. The third-order valence-electron chi connectivity index (χ3n) is 2.47. The lowest BCUT2D eigenvalue weighted by Crippen LogP contribution is -2.43. The van der Waals surface area contributed by atoms with E-state index < -0.39 is 0 Å². The number of hydrogen-bond donors (Lipinski definition) is 0. The minimum absolute atomic E-state index is 0.412. The van der Waals surface area contributed by atoms with Gasteiger partial charge in [-0.2, -0.15) is 0 Å². The van der Waals surface area contributed by atoms with Crippen molar-refractivity contribution < 1.29 is 4.74 Å². The summed E-state index contributed by atoms with van der Waals surface area (Å²) < 4.78 is 5.58. The van der Waals surface area contributed by atoms with Crippen molar-refractivity contribution in [3.63, 3.8) is 0 Å². The number of alkyl halides is 1. The average Bonchev–Trinajstić information content (AvgIpc) is 2.19. The Morgan fingerprint density at radius 2 is 2.31 bits per heavy atom. The summed E-state index contributed by atoms with van der Waals surface area (Å²) >= 11 is 3.47. The lowest BCUT2D eigenvalue weighted by atomic mass is 10.2. The SMILES string of the molecule is CCCCCN1CCOC(CBr)C1. The van der Waals surface area contributed by atoms with E-state index >= 15 is 0 Å². The molecule has 1 rings (SSSR count). The van der Waals surface area contributed by atoms with Crippen LogP contribution in [0, 0.1) is 0 Å². The Morgan fingerprint density at radius 1 is 1.46 bits per heavy atom. The molecule has 1 atom stereocenters. The van der Waals surface area contributed by atoms with Crippen LogP contribution >= 0.6 is 15.9 Å². The van der Waals surface area contributed by atoms with Crippen LogP contribution < -0.4 is 0 Å². The molecule has 0 aromatic carbocycles. The first-order chi connectivity index (χ1) is 6.36. The fraction of sp³-hybridized carbons (Fsp3) is 1.00. The van der Waals surface area contributed by atoms with Crippen LogP contribution in [-0.2, 0) is 4.74 Å². The predicted octanol–water partition coefficient (Wildman–Crippen LogP) is 2.27. The second kappa shape index (κ2) is 6.80. The van der Waals surface area contributed by atoms with Crippen molar-refractivity contribution in [2.24, 2.45) is 0 Å². The molecule has 0 amide bonds. The van der Waals surface area contributed by atoms with Gasteiger partial charge in [-0.25, -0.2) is 0 Å². The van der Waals surface area contributed by atoms with E-state index in [0.717, 1.165) is 25.0 Å². The molecule has 78 valence electrons. The zero-order valence-corrected chi connectivity index (χ0v) is 10.1. The lowest BCUT2D eigenvalue weighted by Gasteiger charge is -2.31. The summed E-state index contributed by atoms with van der Waals surface area (Å²) in [5, 5.41) is 0.970. The molecule has 1 unspecified atom stereocenters. The van der Waals surface area contributed by atoms with E-state index in [1.54, 1.807) is 0 Å². The first kappa shape index (κ1) is 11.5. The molecule has 0 spiro atoms. The summed E-state index contributed by atoms with van der Waals surface area (Å²) in [4.78, 5) is 2.52. The van der Waals surface area contributed by atoms with E-state index in [-0.39, 0.29) is 0 Å². The summed E-state index contributed by atoms with van der Waals surface area (Å²) in [6.45, 7) is 6.63. The first-order valence-electron chi connectivity index (χ1n) is 5.26. The molecule has 0 N–H and O–H groups in total. The highest BCUT2D eigenvalue weighted by Gasteiger charge is 2.18. The Morgan fingerprint density at radius 3 is 3.00 bits per heavy atom. The molecule has 1 fully saturated rings. The fourth-order valence-electron chi connectivity index (χ4n) is 1.66. The summed E-state index contributed by atoms with van der Waals surface area (Å²) in [6.07, 6.45) is 4.42. The van der Waals surface area contributed by atoms with Crippen LogP contribution in [0.4, 0.5) is 0 Å². The van der Waals surface area contributed by atoms with E-state index in [1.807, 2.05) is 0 Å². The van der Waals surface area contributed by atoms with E-state index in [1.165, 1.54) is 25.8 Å². The van der Waals surface area contributed by atoms with Gasteiger partial charge in [-0.3, -0.25) is 4.90 Å². The molecule has 0 aromatic heterocycles. The Hall–Kier alpha value is 0.400. The molecule has 3 heteroatoms. The number of halogens is 1. The van der Waals surface area contributed by atoms with Crippen LogP contribution in [0.3, 0.4) is 0 Å². The number of morpholine rings is 1. The van der Waals surface area contributed by atoms with Crippen molar-refractivity contribution in [3.8, 4) is 0 Å². The van der Waals surface area contributed by atoms with Crippen LogP contribution in [0.5, 0.6) is 0 Å². The van der Waals surface area contributed by atoms with E-state index in [2.05, 4.69) is 27.8 Å². The topological polar surface area (TPSA) is 12.5 Å². The smallest absolute Gasteiger partial charge is 0.0799 e. The van der Waals surface area contributed by atoms with Gasteiger partial charge in [0.05, 0.1) is 12.7 Å². The zero-order valence-electron chi connectivity index (χ0n) is 8.47. The zero-order chi connectivity index (χ0) is 9.52. The second-order valence-corrected chi connectivity index (χ2v) is 4.30. The van der Waals surface area contributed by atoms with Crippen LogP contribution in [0.15, 0.2) is 0 Å². The van der Waals surface area contributed by atoms with Crippen LogP contribution in [0.1, 0.15) is 26.2 Å². The van der Waals surface area contributed by atoms with Crippen molar-refractivity contribution >= 4 is 15.9 Å². The Kier molecular flexibility index (Phi) is 6.00. The van der Waals surface area contributed by atoms with Crippen molar-refractivity contribution in [1.29, 1.82) is 0 Å². The Balaban J connectivity index is 2.11. The maximum atomic E-state index is 5.58. The van der Waals surface area contributed by atoms with Gasteiger partial charge in [0.1, 0.15) is 0 Å². The van der Waals surface area contributed by atoms with Gasteiger partial charge in [0.25, 0.3) is 0 Å². The van der Waals surface area contributed by atoms with Gasteiger partial charge in [-0.05, 0) is 13.0 Å².